The second kappa shape index (κ2) is 16.4. The van der Waals surface area contributed by atoms with Gasteiger partial charge < -0.3 is 25.7 Å². The SMILES string of the molecule is Cc1ccc(NC(=O)c2ccc(CN3CCN(C)CC3)cc2)cc1Nc1nccc(-c2cccnc2)n1.O=C(O)C(O)c1ccccc1. The highest BCUT2D eigenvalue weighted by molar-refractivity contribution is 6.04. The van der Waals surface area contributed by atoms with Gasteiger partial charge in [-0.2, -0.15) is 0 Å². The number of piperazine rings is 1. The maximum absolute atomic E-state index is 12.9. The van der Waals surface area contributed by atoms with Crippen LogP contribution >= 0.6 is 0 Å². The Morgan fingerprint density at radius 1 is 0.896 bits per heavy atom. The minimum atomic E-state index is -1.41. The highest BCUT2D eigenvalue weighted by Crippen LogP contribution is 2.25. The van der Waals surface area contributed by atoms with E-state index in [1.165, 1.54) is 5.56 Å². The third-order valence-electron chi connectivity index (χ3n) is 7.92. The summed E-state index contributed by atoms with van der Waals surface area (Å²) in [5.74, 6) is -0.893. The number of aliphatic carboxylic acids is 1. The Morgan fingerprint density at radius 3 is 2.33 bits per heavy atom. The number of aromatic nitrogens is 3. The Labute approximate surface area is 279 Å². The number of rotatable bonds is 9. The van der Waals surface area contributed by atoms with Crippen LogP contribution in [-0.2, 0) is 11.3 Å². The van der Waals surface area contributed by atoms with Gasteiger partial charge in [-0.15, -0.1) is 0 Å². The van der Waals surface area contributed by atoms with Crippen molar-refractivity contribution < 1.29 is 19.8 Å². The third-order valence-corrected chi connectivity index (χ3v) is 7.92. The molecule has 0 spiro atoms. The monoisotopic (exact) mass is 645 g/mol. The molecule has 246 valence electrons. The van der Waals surface area contributed by atoms with Gasteiger partial charge in [-0.1, -0.05) is 48.5 Å². The molecule has 1 unspecified atom stereocenters. The maximum atomic E-state index is 12.9. The molecule has 0 radical (unpaired) electrons. The Morgan fingerprint density at radius 2 is 1.65 bits per heavy atom. The first-order valence-electron chi connectivity index (χ1n) is 15.6. The number of amides is 1. The molecule has 1 fully saturated rings. The van der Waals surface area contributed by atoms with Gasteiger partial charge in [-0.25, -0.2) is 14.8 Å². The van der Waals surface area contributed by atoms with Gasteiger partial charge in [0, 0.05) is 73.8 Å². The van der Waals surface area contributed by atoms with Gasteiger partial charge in [0.15, 0.2) is 6.10 Å². The summed E-state index contributed by atoms with van der Waals surface area (Å²) >= 11 is 0. The molecule has 0 aliphatic carbocycles. The number of benzene rings is 3. The number of likely N-dealkylation sites (N-methyl/N-ethyl adjacent to an activating group) is 1. The number of hydrogen-bond acceptors (Lipinski definition) is 9. The fourth-order valence-electron chi connectivity index (χ4n) is 5.06. The molecule has 0 bridgehead atoms. The highest BCUT2D eigenvalue weighted by Gasteiger charge is 2.15. The molecule has 0 saturated carbocycles. The van der Waals surface area contributed by atoms with Crippen molar-refractivity contribution in [2.75, 3.05) is 43.9 Å². The van der Waals surface area contributed by atoms with E-state index < -0.39 is 12.1 Å². The first kappa shape index (κ1) is 33.9. The molecule has 1 atom stereocenters. The average Bonchev–Trinajstić information content (AvgIpc) is 3.12. The number of carbonyl (C=O) groups is 2. The number of aryl methyl sites for hydroxylation is 1. The van der Waals surface area contributed by atoms with E-state index in [9.17, 15) is 9.59 Å². The van der Waals surface area contributed by atoms with Gasteiger partial charge in [-0.3, -0.25) is 14.7 Å². The summed E-state index contributed by atoms with van der Waals surface area (Å²) in [6, 6.07) is 27.6. The van der Waals surface area contributed by atoms with Crippen LogP contribution in [0.3, 0.4) is 0 Å². The topological polar surface area (TPSA) is 144 Å². The van der Waals surface area contributed by atoms with Crippen molar-refractivity contribution in [3.05, 3.63) is 132 Å². The number of nitrogens with one attached hydrogen (secondary N) is 2. The van der Waals surface area contributed by atoms with Crippen LogP contribution in [0.15, 0.2) is 110 Å². The molecule has 11 heteroatoms. The molecule has 48 heavy (non-hydrogen) atoms. The zero-order valence-electron chi connectivity index (χ0n) is 27.0. The number of pyridine rings is 1. The molecule has 1 amide bonds. The predicted molar refractivity (Wildman–Crippen MR) is 186 cm³/mol. The zero-order valence-corrected chi connectivity index (χ0v) is 27.0. The normalized spacial score (nSPS) is 13.9. The predicted octanol–water partition coefficient (Wildman–Crippen LogP) is 5.39. The van der Waals surface area contributed by atoms with Crippen LogP contribution in [0.2, 0.25) is 0 Å². The van der Waals surface area contributed by atoms with E-state index in [1.807, 2.05) is 67.6 Å². The maximum Gasteiger partial charge on any atom is 0.337 e. The fraction of sp³-hybridized carbons (Fsp3) is 0.216. The third kappa shape index (κ3) is 9.52. The lowest BCUT2D eigenvalue weighted by atomic mass is 10.1. The number of carboxylic acids is 1. The smallest absolute Gasteiger partial charge is 0.337 e. The molecule has 3 heterocycles. The first-order chi connectivity index (χ1) is 23.2. The van der Waals surface area contributed by atoms with Crippen LogP contribution in [0.25, 0.3) is 11.3 Å². The van der Waals surface area contributed by atoms with Crippen molar-refractivity contribution in [1.82, 2.24) is 24.8 Å². The first-order valence-corrected chi connectivity index (χ1v) is 15.6. The minimum absolute atomic E-state index is 0.143. The van der Waals surface area contributed by atoms with E-state index >= 15 is 0 Å². The van der Waals surface area contributed by atoms with E-state index in [4.69, 9.17) is 10.2 Å². The number of nitrogens with zero attached hydrogens (tertiary/aromatic N) is 5. The van der Waals surface area contributed by atoms with Crippen molar-refractivity contribution in [2.45, 2.75) is 19.6 Å². The average molecular weight is 646 g/mol. The molecule has 1 aliphatic heterocycles. The van der Waals surface area contributed by atoms with E-state index in [-0.39, 0.29) is 5.91 Å². The molecule has 11 nitrogen and oxygen atoms in total. The number of carboxylic acid groups (broad SMARTS) is 1. The summed E-state index contributed by atoms with van der Waals surface area (Å²) in [4.78, 5) is 41.1. The van der Waals surface area contributed by atoms with Crippen LogP contribution < -0.4 is 10.6 Å². The van der Waals surface area contributed by atoms with Gasteiger partial charge >= 0.3 is 5.97 Å². The van der Waals surface area contributed by atoms with Crippen LogP contribution in [0, 0.1) is 6.92 Å². The van der Waals surface area contributed by atoms with Gasteiger partial charge in [0.1, 0.15) is 0 Å². The fourth-order valence-corrected chi connectivity index (χ4v) is 5.06. The van der Waals surface area contributed by atoms with Crippen molar-refractivity contribution in [3.63, 3.8) is 0 Å². The Kier molecular flexibility index (Phi) is 11.5. The van der Waals surface area contributed by atoms with Crippen molar-refractivity contribution in [3.8, 4) is 11.3 Å². The lowest BCUT2D eigenvalue weighted by Crippen LogP contribution is -2.43. The van der Waals surface area contributed by atoms with Gasteiger partial charge in [0.25, 0.3) is 5.91 Å². The van der Waals surface area contributed by atoms with E-state index in [1.54, 1.807) is 48.9 Å². The van der Waals surface area contributed by atoms with Crippen LogP contribution in [0.4, 0.5) is 17.3 Å². The second-order valence-electron chi connectivity index (χ2n) is 11.5. The molecule has 1 aliphatic rings. The molecule has 4 N–H and O–H groups in total. The summed E-state index contributed by atoms with van der Waals surface area (Å²) < 4.78 is 0. The summed E-state index contributed by atoms with van der Waals surface area (Å²) in [5, 5.41) is 23.7. The summed E-state index contributed by atoms with van der Waals surface area (Å²) in [5.41, 5.74) is 6.48. The van der Waals surface area contributed by atoms with Crippen LogP contribution in [0.1, 0.15) is 33.2 Å². The second-order valence-corrected chi connectivity index (χ2v) is 11.5. The number of anilines is 3. The Balaban J connectivity index is 0.000000349. The molecule has 1 saturated heterocycles. The van der Waals surface area contributed by atoms with Crippen LogP contribution in [-0.4, -0.2) is 80.1 Å². The molecule has 6 rings (SSSR count). The summed E-state index contributed by atoms with van der Waals surface area (Å²) in [7, 11) is 2.16. The minimum Gasteiger partial charge on any atom is -0.479 e. The standard InChI is InChI=1S/C29H31N7O.C8H8O3/c1-21-5-10-25(18-27(21)34-29-31-13-11-26(33-29)24-4-3-12-30-19-24)32-28(37)23-8-6-22(7-9-23)20-36-16-14-35(2)15-17-36;9-7(8(10)11)6-4-2-1-3-5-6/h3-13,18-19H,14-17,20H2,1-2H3,(H,32,37)(H,31,33,34);1-5,7,9H,(H,10,11). The van der Waals surface area contributed by atoms with Crippen molar-refractivity contribution in [1.29, 1.82) is 0 Å². The van der Waals surface area contributed by atoms with Gasteiger partial charge in [-0.05, 0) is 73.1 Å². The molecule has 3 aromatic carbocycles. The van der Waals surface area contributed by atoms with E-state index in [0.717, 1.165) is 55.2 Å². The van der Waals surface area contributed by atoms with Gasteiger partial charge in [0.2, 0.25) is 5.95 Å². The number of carbonyl (C=O) groups excluding carboxylic acids is 1. The Hall–Kier alpha value is -5.49. The lowest BCUT2D eigenvalue weighted by molar-refractivity contribution is -0.146. The molecular formula is C37H39N7O4. The Bertz CT molecular complexity index is 1800. The highest BCUT2D eigenvalue weighted by atomic mass is 16.4. The van der Waals surface area contributed by atoms with Crippen molar-refractivity contribution in [2.24, 2.45) is 0 Å². The quantitative estimate of drug-likeness (QED) is 0.165. The largest absolute Gasteiger partial charge is 0.479 e. The van der Waals surface area contributed by atoms with Crippen molar-refractivity contribution >= 4 is 29.2 Å². The van der Waals surface area contributed by atoms with E-state index in [2.05, 4.69) is 42.4 Å². The number of hydrogen-bond donors (Lipinski definition) is 4. The van der Waals surface area contributed by atoms with Gasteiger partial charge in [0.05, 0.1) is 5.69 Å². The van der Waals surface area contributed by atoms with Crippen LogP contribution in [0.5, 0.6) is 0 Å². The lowest BCUT2D eigenvalue weighted by Gasteiger charge is -2.32. The zero-order chi connectivity index (χ0) is 33.9. The summed E-state index contributed by atoms with van der Waals surface area (Å²) in [6.45, 7) is 7.24. The number of aliphatic hydroxyl groups is 1. The van der Waals surface area contributed by atoms with E-state index in [0.29, 0.717) is 22.8 Å². The molecule has 5 aromatic rings. The number of aliphatic hydroxyl groups excluding tert-OH is 1. The molecular weight excluding hydrogens is 606 g/mol. The summed E-state index contributed by atoms with van der Waals surface area (Å²) in [6.07, 6.45) is 3.81. The molecule has 2 aromatic heterocycles.